The van der Waals surface area contributed by atoms with Crippen LogP contribution in [0.15, 0.2) is 42.5 Å². The molecule has 2 rings (SSSR count). The van der Waals surface area contributed by atoms with Crippen molar-refractivity contribution < 1.29 is 18.0 Å². The van der Waals surface area contributed by atoms with E-state index in [0.717, 1.165) is 10.6 Å². The van der Waals surface area contributed by atoms with Gasteiger partial charge in [-0.05, 0) is 56.7 Å². The summed E-state index contributed by atoms with van der Waals surface area (Å²) in [6.45, 7) is 4.81. The normalized spacial score (nSPS) is 12.4. The summed E-state index contributed by atoms with van der Waals surface area (Å²) < 4.78 is 26.1. The fourth-order valence-electron chi connectivity index (χ4n) is 3.37. The average molecular weight is 549 g/mol. The summed E-state index contributed by atoms with van der Waals surface area (Å²) in [5.41, 5.74) is 0.739. The van der Waals surface area contributed by atoms with Gasteiger partial charge in [0.1, 0.15) is 12.6 Å². The molecule has 0 aliphatic rings. The van der Waals surface area contributed by atoms with Crippen molar-refractivity contribution in [1.29, 1.82) is 0 Å². The van der Waals surface area contributed by atoms with E-state index in [0.29, 0.717) is 27.1 Å². The van der Waals surface area contributed by atoms with Crippen molar-refractivity contribution in [2.75, 3.05) is 17.1 Å². The van der Waals surface area contributed by atoms with Crippen molar-refractivity contribution in [2.24, 2.45) is 0 Å². The zero-order valence-electron chi connectivity index (χ0n) is 19.4. The molecule has 1 atom stereocenters. The van der Waals surface area contributed by atoms with Crippen LogP contribution in [0.1, 0.15) is 32.8 Å². The van der Waals surface area contributed by atoms with Crippen LogP contribution in [0.4, 0.5) is 5.69 Å². The van der Waals surface area contributed by atoms with Gasteiger partial charge in [-0.15, -0.1) is 0 Å². The van der Waals surface area contributed by atoms with E-state index in [-0.39, 0.29) is 24.2 Å². The first-order chi connectivity index (χ1) is 15.8. The van der Waals surface area contributed by atoms with Crippen molar-refractivity contribution in [3.05, 3.63) is 63.1 Å². The maximum Gasteiger partial charge on any atom is 0.244 e. The zero-order chi connectivity index (χ0) is 25.6. The monoisotopic (exact) mass is 547 g/mol. The van der Waals surface area contributed by atoms with E-state index >= 15 is 0 Å². The van der Waals surface area contributed by atoms with Crippen molar-refractivity contribution in [3.8, 4) is 0 Å². The van der Waals surface area contributed by atoms with Gasteiger partial charge in [-0.2, -0.15) is 0 Å². The first kappa shape index (κ1) is 28.2. The maximum absolute atomic E-state index is 13.6. The van der Waals surface area contributed by atoms with E-state index in [9.17, 15) is 18.0 Å². The molecule has 2 aromatic rings. The van der Waals surface area contributed by atoms with E-state index in [1.54, 1.807) is 25.1 Å². The molecule has 186 valence electrons. The number of halogens is 3. The summed E-state index contributed by atoms with van der Waals surface area (Å²) in [5.74, 6) is -0.937. The Morgan fingerprint density at radius 3 is 2.03 bits per heavy atom. The van der Waals surface area contributed by atoms with Gasteiger partial charge in [0.25, 0.3) is 0 Å². The Labute approximate surface area is 216 Å². The number of amides is 2. The molecule has 0 saturated heterocycles. The minimum atomic E-state index is -3.83. The molecular formula is C23H28Cl3N3O4S. The Balaban J connectivity index is 2.49. The Morgan fingerprint density at radius 2 is 1.56 bits per heavy atom. The lowest BCUT2D eigenvalue weighted by atomic mass is 10.1. The summed E-state index contributed by atoms with van der Waals surface area (Å²) in [6.07, 6.45) is 1.30. The van der Waals surface area contributed by atoms with Gasteiger partial charge in [-0.25, -0.2) is 8.42 Å². The molecule has 2 aromatic carbocycles. The lowest BCUT2D eigenvalue weighted by Gasteiger charge is -2.33. The van der Waals surface area contributed by atoms with Gasteiger partial charge >= 0.3 is 0 Å². The molecule has 7 nitrogen and oxygen atoms in total. The molecule has 34 heavy (non-hydrogen) atoms. The largest absolute Gasteiger partial charge is 0.352 e. The first-order valence-corrected chi connectivity index (χ1v) is 13.6. The number of nitrogens with zero attached hydrogens (tertiary/aromatic N) is 2. The van der Waals surface area contributed by atoms with Gasteiger partial charge in [-0.3, -0.25) is 13.9 Å². The van der Waals surface area contributed by atoms with Crippen LogP contribution < -0.4 is 9.62 Å². The maximum atomic E-state index is 13.6. The standard InChI is InChI=1S/C23H28Cl3N3O4S/c1-5-21(23(31)27-15(2)3)28(13-18-19(25)7-6-8-20(18)26)22(30)14-29(34(4,32)33)17-11-9-16(24)10-12-17/h6-12,15,21H,5,13-14H2,1-4H3,(H,27,31)/t21-/m0/s1. The molecule has 0 saturated carbocycles. The van der Waals surface area contributed by atoms with Crippen LogP contribution in [0.3, 0.4) is 0 Å². The Morgan fingerprint density at radius 1 is 1.00 bits per heavy atom. The van der Waals surface area contributed by atoms with Crippen LogP contribution in [0.2, 0.25) is 15.1 Å². The van der Waals surface area contributed by atoms with Gasteiger partial charge in [0, 0.05) is 33.2 Å². The minimum Gasteiger partial charge on any atom is -0.352 e. The molecule has 2 amide bonds. The van der Waals surface area contributed by atoms with E-state index in [1.165, 1.54) is 29.2 Å². The molecule has 0 heterocycles. The van der Waals surface area contributed by atoms with Crippen LogP contribution in [-0.2, 0) is 26.2 Å². The molecular weight excluding hydrogens is 521 g/mol. The first-order valence-electron chi connectivity index (χ1n) is 10.6. The smallest absolute Gasteiger partial charge is 0.244 e. The summed E-state index contributed by atoms with van der Waals surface area (Å²) in [7, 11) is -3.83. The lowest BCUT2D eigenvalue weighted by Crippen LogP contribution is -2.53. The third-order valence-electron chi connectivity index (χ3n) is 5.00. The second kappa shape index (κ2) is 12.1. The number of benzene rings is 2. The number of sulfonamides is 1. The van der Waals surface area contributed by atoms with E-state index in [4.69, 9.17) is 34.8 Å². The fraction of sp³-hybridized carbons (Fsp3) is 0.391. The van der Waals surface area contributed by atoms with Gasteiger partial charge in [-0.1, -0.05) is 47.8 Å². The SMILES string of the molecule is CC[C@@H](C(=O)NC(C)C)N(Cc1c(Cl)cccc1Cl)C(=O)CN(c1ccc(Cl)cc1)S(C)(=O)=O. The van der Waals surface area contributed by atoms with Crippen molar-refractivity contribution >= 4 is 62.3 Å². The number of carbonyl (C=O) groups is 2. The predicted molar refractivity (Wildman–Crippen MR) is 138 cm³/mol. The number of hydrogen-bond donors (Lipinski definition) is 1. The molecule has 0 spiro atoms. The summed E-state index contributed by atoms with van der Waals surface area (Å²) in [6, 6.07) is 10.0. The van der Waals surface area contributed by atoms with Crippen LogP contribution in [0.25, 0.3) is 0 Å². The van der Waals surface area contributed by atoms with Crippen LogP contribution >= 0.6 is 34.8 Å². The van der Waals surface area contributed by atoms with Crippen molar-refractivity contribution in [2.45, 2.75) is 45.8 Å². The number of anilines is 1. The van der Waals surface area contributed by atoms with E-state index in [1.807, 2.05) is 13.8 Å². The molecule has 0 unspecified atom stereocenters. The van der Waals surface area contributed by atoms with Crippen LogP contribution in [0.5, 0.6) is 0 Å². The minimum absolute atomic E-state index is 0.0699. The number of hydrogen-bond acceptors (Lipinski definition) is 4. The number of nitrogens with one attached hydrogen (secondary N) is 1. The molecule has 0 aliphatic carbocycles. The zero-order valence-corrected chi connectivity index (χ0v) is 22.5. The quantitative estimate of drug-likeness (QED) is 0.464. The van der Waals surface area contributed by atoms with Crippen LogP contribution in [0, 0.1) is 0 Å². The average Bonchev–Trinajstić information content (AvgIpc) is 2.73. The molecule has 0 radical (unpaired) electrons. The molecule has 11 heteroatoms. The highest BCUT2D eigenvalue weighted by molar-refractivity contribution is 7.92. The highest BCUT2D eigenvalue weighted by Crippen LogP contribution is 2.28. The van der Waals surface area contributed by atoms with Crippen molar-refractivity contribution in [3.63, 3.8) is 0 Å². The lowest BCUT2D eigenvalue weighted by molar-refractivity contribution is -0.140. The summed E-state index contributed by atoms with van der Waals surface area (Å²) in [4.78, 5) is 27.9. The van der Waals surface area contributed by atoms with E-state index < -0.39 is 28.5 Å². The Bertz CT molecular complexity index is 1100. The predicted octanol–water partition coefficient (Wildman–Crippen LogP) is 4.74. The Hall–Kier alpha value is -2.00. The van der Waals surface area contributed by atoms with Gasteiger partial charge in [0.15, 0.2) is 0 Å². The second-order valence-corrected chi connectivity index (χ2v) is 11.2. The Kier molecular flexibility index (Phi) is 10.1. The molecule has 0 bridgehead atoms. The van der Waals surface area contributed by atoms with E-state index in [2.05, 4.69) is 5.32 Å². The molecule has 0 aromatic heterocycles. The van der Waals surface area contributed by atoms with Gasteiger partial charge in [0.2, 0.25) is 21.8 Å². The highest BCUT2D eigenvalue weighted by Gasteiger charge is 2.32. The summed E-state index contributed by atoms with van der Waals surface area (Å²) in [5, 5.41) is 3.92. The molecule has 0 fully saturated rings. The van der Waals surface area contributed by atoms with Gasteiger partial charge < -0.3 is 10.2 Å². The third-order valence-corrected chi connectivity index (χ3v) is 7.10. The van der Waals surface area contributed by atoms with Gasteiger partial charge in [0.05, 0.1) is 11.9 Å². The number of carbonyl (C=O) groups excluding carboxylic acids is 2. The number of rotatable bonds is 10. The highest BCUT2D eigenvalue weighted by atomic mass is 35.5. The fourth-order valence-corrected chi connectivity index (χ4v) is 4.87. The molecule has 1 N–H and O–H groups in total. The second-order valence-electron chi connectivity index (χ2n) is 8.06. The topological polar surface area (TPSA) is 86.8 Å². The molecule has 0 aliphatic heterocycles. The van der Waals surface area contributed by atoms with Crippen LogP contribution in [-0.4, -0.2) is 50.0 Å². The summed E-state index contributed by atoms with van der Waals surface area (Å²) >= 11 is 18.6. The van der Waals surface area contributed by atoms with Crippen molar-refractivity contribution in [1.82, 2.24) is 10.2 Å². The third kappa shape index (κ3) is 7.50.